The predicted molar refractivity (Wildman–Crippen MR) is 42.9 cm³/mol. The molecule has 0 aromatic heterocycles. The van der Waals surface area contributed by atoms with Gasteiger partial charge in [0, 0.05) is 20.1 Å². The minimum Gasteiger partial charge on any atom is -0.469 e. The summed E-state index contributed by atoms with van der Waals surface area (Å²) in [7, 11) is 5.16. The largest absolute Gasteiger partial charge is 0.469 e. The SMILES string of the molecule is COC(=O)CC(C)NN(C)C. The summed E-state index contributed by atoms with van der Waals surface area (Å²) in [5.41, 5.74) is 3.04. The van der Waals surface area contributed by atoms with Crippen LogP contribution in [0.5, 0.6) is 0 Å². The monoisotopic (exact) mass is 160 g/mol. The molecule has 0 amide bonds. The van der Waals surface area contributed by atoms with E-state index in [2.05, 4.69) is 10.2 Å². The first-order valence-electron chi connectivity index (χ1n) is 3.56. The Morgan fingerprint density at radius 1 is 1.64 bits per heavy atom. The van der Waals surface area contributed by atoms with Crippen LogP contribution >= 0.6 is 0 Å². The van der Waals surface area contributed by atoms with Crippen molar-refractivity contribution < 1.29 is 9.53 Å². The van der Waals surface area contributed by atoms with Gasteiger partial charge in [0.15, 0.2) is 0 Å². The molecule has 0 bridgehead atoms. The van der Waals surface area contributed by atoms with Crippen LogP contribution in [0.3, 0.4) is 0 Å². The lowest BCUT2D eigenvalue weighted by Gasteiger charge is -2.17. The van der Waals surface area contributed by atoms with Crippen LogP contribution < -0.4 is 5.43 Å². The van der Waals surface area contributed by atoms with Gasteiger partial charge in [-0.25, -0.2) is 0 Å². The molecule has 0 aromatic carbocycles. The van der Waals surface area contributed by atoms with E-state index in [1.54, 1.807) is 0 Å². The topological polar surface area (TPSA) is 41.6 Å². The first kappa shape index (κ1) is 10.4. The Labute approximate surface area is 67.5 Å². The van der Waals surface area contributed by atoms with Crippen LogP contribution in [-0.2, 0) is 9.53 Å². The van der Waals surface area contributed by atoms with Gasteiger partial charge in [-0.15, -0.1) is 0 Å². The van der Waals surface area contributed by atoms with E-state index in [0.29, 0.717) is 6.42 Å². The van der Waals surface area contributed by atoms with Crippen molar-refractivity contribution in [1.82, 2.24) is 10.4 Å². The number of hydrogen-bond acceptors (Lipinski definition) is 4. The van der Waals surface area contributed by atoms with Crippen molar-refractivity contribution in [2.75, 3.05) is 21.2 Å². The molecule has 0 rings (SSSR count). The standard InChI is InChI=1S/C7H16N2O2/c1-6(8-9(2)3)5-7(10)11-4/h6,8H,5H2,1-4H3. The highest BCUT2D eigenvalue weighted by atomic mass is 16.5. The Bertz CT molecular complexity index is 126. The summed E-state index contributed by atoms with van der Waals surface area (Å²) in [6.07, 6.45) is 0.397. The van der Waals surface area contributed by atoms with Crippen LogP contribution in [0.4, 0.5) is 0 Å². The lowest BCUT2D eigenvalue weighted by molar-refractivity contribution is -0.141. The Hall–Kier alpha value is -0.610. The number of methoxy groups -OCH3 is 1. The second kappa shape index (κ2) is 5.09. The number of nitrogens with zero attached hydrogens (tertiary/aromatic N) is 1. The Morgan fingerprint density at radius 3 is 2.55 bits per heavy atom. The van der Waals surface area contributed by atoms with Gasteiger partial charge in [-0.3, -0.25) is 15.2 Å². The van der Waals surface area contributed by atoms with E-state index in [0.717, 1.165) is 0 Å². The van der Waals surface area contributed by atoms with Crippen LogP contribution in [0.15, 0.2) is 0 Å². The van der Waals surface area contributed by atoms with Crippen LogP contribution in [0.2, 0.25) is 0 Å². The molecular weight excluding hydrogens is 144 g/mol. The van der Waals surface area contributed by atoms with Crippen LogP contribution in [0, 0.1) is 0 Å². The molecule has 0 spiro atoms. The Balaban J connectivity index is 3.51. The van der Waals surface area contributed by atoms with Crippen LogP contribution in [0.25, 0.3) is 0 Å². The average molecular weight is 160 g/mol. The second-order valence-electron chi connectivity index (χ2n) is 2.70. The fraction of sp³-hybridized carbons (Fsp3) is 0.857. The molecule has 0 aliphatic carbocycles. The maximum absolute atomic E-state index is 10.7. The van der Waals surface area contributed by atoms with E-state index >= 15 is 0 Å². The summed E-state index contributed by atoms with van der Waals surface area (Å²) in [5.74, 6) is -0.188. The van der Waals surface area contributed by atoms with Crippen LogP contribution in [-0.4, -0.2) is 38.2 Å². The number of ether oxygens (including phenoxy) is 1. The van der Waals surface area contributed by atoms with E-state index in [1.807, 2.05) is 26.0 Å². The molecule has 1 unspecified atom stereocenters. The molecule has 11 heavy (non-hydrogen) atoms. The number of carbonyl (C=O) groups excluding carboxylic acids is 1. The molecule has 4 nitrogen and oxygen atoms in total. The summed E-state index contributed by atoms with van der Waals surface area (Å²) in [5, 5.41) is 1.81. The smallest absolute Gasteiger partial charge is 0.307 e. The number of esters is 1. The van der Waals surface area contributed by atoms with Gasteiger partial charge in [0.1, 0.15) is 0 Å². The number of nitrogens with one attached hydrogen (secondary N) is 1. The van der Waals surface area contributed by atoms with Crippen molar-refractivity contribution >= 4 is 5.97 Å². The van der Waals surface area contributed by atoms with E-state index in [-0.39, 0.29) is 12.0 Å². The highest BCUT2D eigenvalue weighted by Crippen LogP contribution is 1.92. The maximum atomic E-state index is 10.7. The summed E-state index contributed by atoms with van der Waals surface area (Å²) >= 11 is 0. The van der Waals surface area contributed by atoms with E-state index in [4.69, 9.17) is 0 Å². The molecule has 0 aliphatic rings. The van der Waals surface area contributed by atoms with Gasteiger partial charge in [0.25, 0.3) is 0 Å². The zero-order valence-electron chi connectivity index (χ0n) is 7.55. The first-order valence-corrected chi connectivity index (χ1v) is 3.56. The molecule has 0 aromatic rings. The molecular formula is C7H16N2O2. The highest BCUT2D eigenvalue weighted by molar-refractivity contribution is 5.69. The van der Waals surface area contributed by atoms with Crippen molar-refractivity contribution in [3.63, 3.8) is 0 Å². The third kappa shape index (κ3) is 5.82. The molecule has 1 atom stereocenters. The fourth-order valence-electron chi connectivity index (χ4n) is 0.820. The zero-order chi connectivity index (χ0) is 8.85. The molecule has 0 fully saturated rings. The number of hydrogen-bond donors (Lipinski definition) is 1. The van der Waals surface area contributed by atoms with E-state index in [1.165, 1.54) is 7.11 Å². The Kier molecular flexibility index (Phi) is 4.81. The van der Waals surface area contributed by atoms with Crippen molar-refractivity contribution in [3.8, 4) is 0 Å². The fourth-order valence-corrected chi connectivity index (χ4v) is 0.820. The predicted octanol–water partition coefficient (Wildman–Crippen LogP) is 0.00420. The molecule has 0 saturated carbocycles. The summed E-state index contributed by atoms with van der Waals surface area (Å²) < 4.78 is 4.50. The number of hydrazine groups is 1. The second-order valence-corrected chi connectivity index (χ2v) is 2.70. The molecule has 66 valence electrons. The van der Waals surface area contributed by atoms with Gasteiger partial charge in [-0.05, 0) is 6.92 Å². The number of carbonyl (C=O) groups is 1. The molecule has 4 heteroatoms. The molecule has 0 heterocycles. The minimum atomic E-state index is -0.188. The number of rotatable bonds is 4. The molecule has 0 aliphatic heterocycles. The normalized spacial score (nSPS) is 13.2. The molecule has 1 N–H and O–H groups in total. The van der Waals surface area contributed by atoms with E-state index < -0.39 is 0 Å². The van der Waals surface area contributed by atoms with Crippen molar-refractivity contribution in [3.05, 3.63) is 0 Å². The van der Waals surface area contributed by atoms with Crippen LogP contribution in [0.1, 0.15) is 13.3 Å². The van der Waals surface area contributed by atoms with Crippen molar-refractivity contribution in [2.24, 2.45) is 0 Å². The van der Waals surface area contributed by atoms with Gasteiger partial charge < -0.3 is 4.74 Å². The average Bonchev–Trinajstić information content (AvgIpc) is 1.85. The quantitative estimate of drug-likeness (QED) is 0.464. The van der Waals surface area contributed by atoms with Gasteiger partial charge in [-0.2, -0.15) is 0 Å². The maximum Gasteiger partial charge on any atom is 0.307 e. The first-order chi connectivity index (χ1) is 5.06. The van der Waals surface area contributed by atoms with Crippen molar-refractivity contribution in [1.29, 1.82) is 0 Å². The van der Waals surface area contributed by atoms with Gasteiger partial charge in [0.2, 0.25) is 0 Å². The lowest BCUT2D eigenvalue weighted by Crippen LogP contribution is -2.39. The molecule has 0 saturated heterocycles. The third-order valence-corrected chi connectivity index (χ3v) is 1.18. The summed E-state index contributed by atoms with van der Waals surface area (Å²) in [6.45, 7) is 1.93. The van der Waals surface area contributed by atoms with Gasteiger partial charge >= 0.3 is 5.97 Å². The molecule has 0 radical (unpaired) electrons. The Morgan fingerprint density at radius 2 is 2.18 bits per heavy atom. The summed E-state index contributed by atoms with van der Waals surface area (Å²) in [6, 6.07) is 0.123. The zero-order valence-corrected chi connectivity index (χ0v) is 7.55. The van der Waals surface area contributed by atoms with Crippen molar-refractivity contribution in [2.45, 2.75) is 19.4 Å². The van der Waals surface area contributed by atoms with Gasteiger partial charge in [0.05, 0.1) is 13.5 Å². The third-order valence-electron chi connectivity index (χ3n) is 1.18. The summed E-state index contributed by atoms with van der Waals surface area (Å²) in [4.78, 5) is 10.7. The van der Waals surface area contributed by atoms with Gasteiger partial charge in [-0.1, -0.05) is 0 Å². The van der Waals surface area contributed by atoms with E-state index in [9.17, 15) is 4.79 Å². The lowest BCUT2D eigenvalue weighted by atomic mass is 10.2. The highest BCUT2D eigenvalue weighted by Gasteiger charge is 2.08. The minimum absolute atomic E-state index is 0.123.